The first-order valence-electron chi connectivity index (χ1n) is 12.7. The summed E-state index contributed by atoms with van der Waals surface area (Å²) in [6.45, 7) is 6.78. The molecule has 3 heterocycles. The first-order valence-corrected chi connectivity index (χ1v) is 12.7. The van der Waals surface area contributed by atoms with Gasteiger partial charge in [-0.05, 0) is 49.6 Å². The van der Waals surface area contributed by atoms with Crippen molar-refractivity contribution in [2.45, 2.75) is 32.2 Å². The lowest BCUT2D eigenvalue weighted by molar-refractivity contribution is -0.986. The minimum Gasteiger partial charge on any atom is -1.00 e. The molecule has 2 aromatic carbocycles. The zero-order valence-electron chi connectivity index (χ0n) is 20.9. The Hall–Kier alpha value is -2.51. The van der Waals surface area contributed by atoms with E-state index >= 15 is 0 Å². The molecule has 1 fully saturated rings. The number of rotatable bonds is 9. The summed E-state index contributed by atoms with van der Waals surface area (Å²) in [5, 5.41) is 0. The van der Waals surface area contributed by atoms with Crippen molar-refractivity contribution in [3.63, 3.8) is 0 Å². The number of methoxy groups -OCH3 is 1. The topological polar surface area (TPSA) is 44.5 Å². The second-order valence-corrected chi connectivity index (χ2v) is 9.43. The van der Waals surface area contributed by atoms with Crippen molar-refractivity contribution in [1.29, 1.82) is 0 Å². The van der Waals surface area contributed by atoms with Crippen LogP contribution in [0.2, 0.25) is 0 Å². The Morgan fingerprint density at radius 3 is 2.22 bits per heavy atom. The number of aryl methyl sites for hydroxylation is 1. The van der Waals surface area contributed by atoms with Gasteiger partial charge in [0.15, 0.2) is 11.4 Å². The van der Waals surface area contributed by atoms with Gasteiger partial charge in [0.2, 0.25) is 0 Å². The molecule has 8 heteroatoms. The van der Waals surface area contributed by atoms with Crippen LogP contribution in [-0.4, -0.2) is 48.8 Å². The average Bonchev–Trinajstić information content (AvgIpc) is 3.39. The van der Waals surface area contributed by atoms with Crippen LogP contribution in [0.15, 0.2) is 71.7 Å². The van der Waals surface area contributed by atoms with Crippen molar-refractivity contribution in [3.05, 3.63) is 77.2 Å². The van der Waals surface area contributed by atoms with Gasteiger partial charge < -0.3 is 43.4 Å². The maximum atomic E-state index is 13.0. The predicted molar refractivity (Wildman–Crippen MR) is 137 cm³/mol. The smallest absolute Gasteiger partial charge is 0.275 e. The van der Waals surface area contributed by atoms with Gasteiger partial charge in [-0.3, -0.25) is 9.69 Å². The van der Waals surface area contributed by atoms with Gasteiger partial charge in [0, 0.05) is 18.8 Å². The first kappa shape index (κ1) is 28.1. The predicted octanol–water partition coefficient (Wildman–Crippen LogP) is -4.05. The molecule has 4 aromatic rings. The van der Waals surface area contributed by atoms with E-state index in [1.54, 1.807) is 16.9 Å². The highest BCUT2D eigenvalue weighted by Crippen LogP contribution is 2.19. The number of hydrogen-bond acceptors (Lipinski definition) is 2. The molecule has 194 valence electrons. The first-order chi connectivity index (χ1) is 16.8. The highest BCUT2D eigenvalue weighted by molar-refractivity contribution is 5.79. The van der Waals surface area contributed by atoms with Crippen LogP contribution in [0.3, 0.4) is 0 Å². The molecule has 6 nitrogen and oxygen atoms in total. The summed E-state index contributed by atoms with van der Waals surface area (Å²) in [5.74, 6) is 1.00. The van der Waals surface area contributed by atoms with E-state index in [0.717, 1.165) is 48.4 Å². The average molecular weight is 532 g/mol. The van der Waals surface area contributed by atoms with Gasteiger partial charge in [0.25, 0.3) is 5.56 Å². The molecule has 1 aliphatic rings. The summed E-state index contributed by atoms with van der Waals surface area (Å²) in [4.78, 5) is 16.3. The van der Waals surface area contributed by atoms with E-state index in [1.807, 2.05) is 45.5 Å². The van der Waals surface area contributed by atoms with E-state index in [9.17, 15) is 4.79 Å². The Labute approximate surface area is 225 Å². The number of para-hydroxylation sites is 4. The SMILES string of the molecule is COc1ccccc1[NH+]1CC[NH+](CCCCCCn2c(=O)c3cccn3c3ccccc32)CC1.[Cl-].[Cl-]. The normalized spacial score (nSPS) is 17.5. The number of piperazine rings is 1. The third-order valence-corrected chi connectivity index (χ3v) is 7.36. The van der Waals surface area contributed by atoms with Gasteiger partial charge >= 0.3 is 0 Å². The largest absolute Gasteiger partial charge is 1.00 e. The Kier molecular flexibility index (Phi) is 10.3. The van der Waals surface area contributed by atoms with Gasteiger partial charge in [-0.15, -0.1) is 0 Å². The number of fused-ring (bicyclic) bond motifs is 3. The molecule has 0 spiro atoms. The lowest BCUT2D eigenvalue weighted by Crippen LogP contribution is -3.26. The van der Waals surface area contributed by atoms with Gasteiger partial charge in [-0.25, -0.2) is 0 Å². The molecule has 0 unspecified atom stereocenters. The van der Waals surface area contributed by atoms with E-state index in [2.05, 4.69) is 30.3 Å². The molecular weight excluding hydrogens is 495 g/mol. The summed E-state index contributed by atoms with van der Waals surface area (Å²) < 4.78 is 9.53. The monoisotopic (exact) mass is 530 g/mol. The molecule has 1 saturated heterocycles. The maximum Gasteiger partial charge on any atom is 0.275 e. The summed E-state index contributed by atoms with van der Waals surface area (Å²) in [5.41, 5.74) is 4.29. The molecule has 0 saturated carbocycles. The molecule has 0 atom stereocenters. The Balaban J connectivity index is 0.00000180. The number of benzene rings is 2. The van der Waals surface area contributed by atoms with Crippen LogP contribution in [0.25, 0.3) is 16.6 Å². The summed E-state index contributed by atoms with van der Waals surface area (Å²) in [6, 6.07) is 20.5. The minimum absolute atomic E-state index is 0. The fourth-order valence-corrected chi connectivity index (χ4v) is 5.49. The second kappa shape index (κ2) is 13.2. The Morgan fingerprint density at radius 2 is 1.44 bits per heavy atom. The molecule has 36 heavy (non-hydrogen) atoms. The fraction of sp³-hybridized carbons (Fsp3) is 0.393. The molecule has 0 radical (unpaired) electrons. The van der Waals surface area contributed by atoms with Crippen LogP contribution in [-0.2, 0) is 6.54 Å². The third kappa shape index (κ3) is 5.89. The van der Waals surface area contributed by atoms with Crippen molar-refractivity contribution in [1.82, 2.24) is 8.97 Å². The highest BCUT2D eigenvalue weighted by atomic mass is 35.5. The number of halogens is 2. The standard InChI is InChI=1S/C28H34N4O2.2ClH/c1-34-27-15-7-6-13-25(27)30-21-19-29(20-22-30)16-8-2-3-9-17-32-24-12-5-4-11-23(24)31-18-10-14-26(31)28(32)33;;/h4-7,10-15,18H,2-3,8-9,16-17,19-22H2,1H3;2*1H. The van der Waals surface area contributed by atoms with E-state index < -0.39 is 0 Å². The molecule has 5 rings (SSSR count). The minimum atomic E-state index is 0. The molecule has 2 N–H and O–H groups in total. The van der Waals surface area contributed by atoms with E-state index in [4.69, 9.17) is 4.74 Å². The second-order valence-electron chi connectivity index (χ2n) is 9.43. The van der Waals surface area contributed by atoms with E-state index in [0.29, 0.717) is 0 Å². The molecule has 1 aliphatic heterocycles. The zero-order valence-corrected chi connectivity index (χ0v) is 22.4. The highest BCUT2D eigenvalue weighted by Gasteiger charge is 2.26. The van der Waals surface area contributed by atoms with Crippen molar-refractivity contribution in [2.75, 3.05) is 39.8 Å². The quantitative estimate of drug-likeness (QED) is 0.216. The Morgan fingerprint density at radius 1 is 0.778 bits per heavy atom. The van der Waals surface area contributed by atoms with Crippen LogP contribution in [0, 0.1) is 0 Å². The van der Waals surface area contributed by atoms with Gasteiger partial charge in [0.1, 0.15) is 31.7 Å². The van der Waals surface area contributed by atoms with Crippen LogP contribution >= 0.6 is 0 Å². The number of aromatic nitrogens is 2. The van der Waals surface area contributed by atoms with Gasteiger partial charge in [-0.1, -0.05) is 30.7 Å². The Bertz CT molecular complexity index is 1310. The lowest BCUT2D eigenvalue weighted by Gasteiger charge is -2.30. The van der Waals surface area contributed by atoms with Crippen molar-refractivity contribution in [3.8, 4) is 5.75 Å². The summed E-state index contributed by atoms with van der Waals surface area (Å²) in [6.07, 6.45) is 6.67. The van der Waals surface area contributed by atoms with E-state index in [-0.39, 0.29) is 30.4 Å². The summed E-state index contributed by atoms with van der Waals surface area (Å²) >= 11 is 0. The number of unbranched alkanes of at least 4 members (excludes halogenated alkanes) is 3. The number of hydrogen-bond donors (Lipinski definition) is 2. The molecule has 0 amide bonds. The van der Waals surface area contributed by atoms with Crippen LogP contribution in [0.5, 0.6) is 5.75 Å². The summed E-state index contributed by atoms with van der Waals surface area (Å²) in [7, 11) is 1.76. The number of nitrogens with zero attached hydrogens (tertiary/aromatic N) is 2. The van der Waals surface area contributed by atoms with Crippen LogP contribution in [0.4, 0.5) is 5.69 Å². The van der Waals surface area contributed by atoms with Crippen LogP contribution < -0.4 is 44.9 Å². The number of nitrogens with one attached hydrogen (secondary N) is 2. The van der Waals surface area contributed by atoms with Crippen molar-refractivity contribution in [2.24, 2.45) is 0 Å². The molecular formula is C28H36Cl2N4O2. The fourth-order valence-electron chi connectivity index (χ4n) is 5.49. The van der Waals surface area contributed by atoms with Crippen molar-refractivity contribution < 1.29 is 39.4 Å². The lowest BCUT2D eigenvalue weighted by atomic mass is 10.1. The number of ether oxygens (including phenoxy) is 1. The molecule has 0 bridgehead atoms. The van der Waals surface area contributed by atoms with Crippen molar-refractivity contribution >= 4 is 22.2 Å². The third-order valence-electron chi connectivity index (χ3n) is 7.36. The molecule has 2 aromatic heterocycles. The maximum absolute atomic E-state index is 13.0. The van der Waals surface area contributed by atoms with E-state index in [1.165, 1.54) is 44.6 Å². The molecule has 0 aliphatic carbocycles. The van der Waals surface area contributed by atoms with Gasteiger partial charge in [0.05, 0.1) is 24.7 Å². The van der Waals surface area contributed by atoms with Gasteiger partial charge in [-0.2, -0.15) is 0 Å². The van der Waals surface area contributed by atoms with Crippen LogP contribution in [0.1, 0.15) is 25.7 Å². The number of quaternary nitrogens is 2. The zero-order chi connectivity index (χ0) is 23.3.